The Morgan fingerprint density at radius 2 is 1.93 bits per heavy atom. The topological polar surface area (TPSA) is 71.7 Å². The summed E-state index contributed by atoms with van der Waals surface area (Å²) >= 11 is 7.64. The summed E-state index contributed by atoms with van der Waals surface area (Å²) in [4.78, 5) is 17.6. The summed E-state index contributed by atoms with van der Waals surface area (Å²) in [6, 6.07) is 11.6. The van der Waals surface area contributed by atoms with Crippen molar-refractivity contribution in [3.8, 4) is 0 Å². The lowest BCUT2D eigenvalue weighted by Crippen LogP contribution is -2.39. The summed E-state index contributed by atoms with van der Waals surface area (Å²) in [6.45, 7) is 3.13. The summed E-state index contributed by atoms with van der Waals surface area (Å²) < 4.78 is 30.0. The molecule has 1 aliphatic heterocycles. The Morgan fingerprint density at radius 3 is 2.60 bits per heavy atom. The molecule has 0 radical (unpaired) electrons. The third-order valence-corrected chi connectivity index (χ3v) is 8.61. The van der Waals surface area contributed by atoms with Crippen LogP contribution in [0.15, 0.2) is 52.4 Å². The van der Waals surface area contributed by atoms with Gasteiger partial charge in [-0.05, 0) is 55.2 Å². The highest BCUT2D eigenvalue weighted by molar-refractivity contribution is 7.89. The van der Waals surface area contributed by atoms with Crippen molar-refractivity contribution >= 4 is 49.1 Å². The Hall–Kier alpha value is -2.00. The van der Waals surface area contributed by atoms with E-state index in [1.54, 1.807) is 10.6 Å². The fourth-order valence-corrected chi connectivity index (χ4v) is 6.70. The molecule has 1 saturated heterocycles. The number of fused-ring (bicyclic) bond motifs is 1. The lowest BCUT2D eigenvalue weighted by molar-refractivity contribution is 0.0998. The zero-order valence-corrected chi connectivity index (χ0v) is 19.1. The number of thiazole rings is 1. The summed E-state index contributed by atoms with van der Waals surface area (Å²) in [7, 11) is -1.74. The standard InChI is InChI=1S/C21H22ClN3O3S2/c1-14-5-4-12-25(13-14)30(27,28)16-10-8-15(9-11-16)20(26)23-21-24(2)19-17(22)6-3-7-18(19)29-21/h3,6-11,14H,4-5,12-13H2,1-2H3. The minimum Gasteiger partial charge on any atom is -0.318 e. The van der Waals surface area contributed by atoms with Crippen molar-refractivity contribution in [3.05, 3.63) is 57.9 Å². The first kappa shape index (κ1) is 21.2. The highest BCUT2D eigenvalue weighted by Crippen LogP contribution is 2.25. The van der Waals surface area contributed by atoms with E-state index in [0.29, 0.717) is 34.4 Å². The van der Waals surface area contributed by atoms with Gasteiger partial charge < -0.3 is 4.57 Å². The van der Waals surface area contributed by atoms with Gasteiger partial charge in [-0.25, -0.2) is 8.42 Å². The lowest BCUT2D eigenvalue weighted by Gasteiger charge is -2.30. The van der Waals surface area contributed by atoms with Gasteiger partial charge in [0, 0.05) is 25.7 Å². The number of amides is 1. The maximum Gasteiger partial charge on any atom is 0.279 e. The number of carbonyl (C=O) groups is 1. The maximum absolute atomic E-state index is 12.9. The number of halogens is 1. The molecule has 1 atom stereocenters. The van der Waals surface area contributed by atoms with Gasteiger partial charge in [-0.15, -0.1) is 0 Å². The van der Waals surface area contributed by atoms with Gasteiger partial charge in [0.05, 0.1) is 20.1 Å². The third kappa shape index (κ3) is 3.97. The van der Waals surface area contributed by atoms with E-state index in [1.807, 2.05) is 19.2 Å². The van der Waals surface area contributed by atoms with E-state index in [4.69, 9.17) is 11.6 Å². The number of para-hydroxylation sites is 1. The zero-order valence-electron chi connectivity index (χ0n) is 16.7. The molecule has 158 valence electrons. The molecule has 1 aliphatic rings. The average molecular weight is 464 g/mol. The highest BCUT2D eigenvalue weighted by Gasteiger charge is 2.28. The summed E-state index contributed by atoms with van der Waals surface area (Å²) in [5, 5.41) is 0.599. The van der Waals surface area contributed by atoms with Crippen LogP contribution in [-0.2, 0) is 17.1 Å². The van der Waals surface area contributed by atoms with Crippen LogP contribution in [0.2, 0.25) is 5.02 Å². The second-order valence-electron chi connectivity index (χ2n) is 7.58. The molecule has 0 aliphatic carbocycles. The fourth-order valence-electron chi connectivity index (χ4n) is 3.70. The Bertz CT molecular complexity index is 1280. The predicted molar refractivity (Wildman–Crippen MR) is 119 cm³/mol. The zero-order chi connectivity index (χ0) is 21.5. The molecule has 6 nitrogen and oxygen atoms in total. The third-order valence-electron chi connectivity index (χ3n) is 5.33. The number of carbonyl (C=O) groups excluding carboxylic acids is 1. The molecule has 0 spiro atoms. The smallest absolute Gasteiger partial charge is 0.279 e. The van der Waals surface area contributed by atoms with E-state index in [1.165, 1.54) is 39.9 Å². The second-order valence-corrected chi connectivity index (χ2v) is 10.9. The first-order chi connectivity index (χ1) is 14.3. The number of hydrogen-bond donors (Lipinski definition) is 0. The predicted octanol–water partition coefficient (Wildman–Crippen LogP) is 4.05. The van der Waals surface area contributed by atoms with Crippen molar-refractivity contribution in [1.29, 1.82) is 0 Å². The Labute approximate surface area is 184 Å². The van der Waals surface area contributed by atoms with E-state index in [-0.39, 0.29) is 4.90 Å². The van der Waals surface area contributed by atoms with Gasteiger partial charge in [0.15, 0.2) is 4.80 Å². The minimum absolute atomic E-state index is 0.201. The monoisotopic (exact) mass is 463 g/mol. The van der Waals surface area contributed by atoms with E-state index in [9.17, 15) is 13.2 Å². The molecule has 1 unspecified atom stereocenters. The van der Waals surface area contributed by atoms with Crippen molar-refractivity contribution in [2.45, 2.75) is 24.7 Å². The minimum atomic E-state index is -3.55. The van der Waals surface area contributed by atoms with Gasteiger partial charge in [-0.1, -0.05) is 35.9 Å². The van der Waals surface area contributed by atoms with Gasteiger partial charge in [-0.3, -0.25) is 4.79 Å². The van der Waals surface area contributed by atoms with E-state index >= 15 is 0 Å². The first-order valence-electron chi connectivity index (χ1n) is 9.70. The van der Waals surface area contributed by atoms with E-state index < -0.39 is 15.9 Å². The molecule has 0 bridgehead atoms. The van der Waals surface area contributed by atoms with Gasteiger partial charge in [0.2, 0.25) is 10.0 Å². The van der Waals surface area contributed by atoms with Crippen LogP contribution in [0.5, 0.6) is 0 Å². The Morgan fingerprint density at radius 1 is 1.20 bits per heavy atom. The molecule has 9 heteroatoms. The Kier molecular flexibility index (Phi) is 5.85. The number of nitrogens with zero attached hydrogens (tertiary/aromatic N) is 3. The molecule has 0 saturated carbocycles. The number of hydrogen-bond acceptors (Lipinski definition) is 4. The molecule has 2 heterocycles. The van der Waals surface area contributed by atoms with Crippen LogP contribution in [-0.4, -0.2) is 36.3 Å². The molecule has 0 N–H and O–H groups in total. The molecule has 4 rings (SSSR count). The number of rotatable bonds is 3. The van der Waals surface area contributed by atoms with Crippen molar-refractivity contribution in [2.75, 3.05) is 13.1 Å². The molecule has 2 aromatic carbocycles. The quantitative estimate of drug-likeness (QED) is 0.588. The molecular weight excluding hydrogens is 442 g/mol. The van der Waals surface area contributed by atoms with E-state index in [2.05, 4.69) is 11.9 Å². The molecule has 1 fully saturated rings. The van der Waals surface area contributed by atoms with Gasteiger partial charge in [0.1, 0.15) is 0 Å². The number of sulfonamides is 1. The number of benzene rings is 2. The largest absolute Gasteiger partial charge is 0.318 e. The van der Waals surface area contributed by atoms with Crippen LogP contribution < -0.4 is 4.80 Å². The van der Waals surface area contributed by atoms with Crippen LogP contribution in [0.25, 0.3) is 10.2 Å². The van der Waals surface area contributed by atoms with Crippen molar-refractivity contribution < 1.29 is 13.2 Å². The second kappa shape index (κ2) is 8.26. The average Bonchev–Trinajstić information content (AvgIpc) is 3.04. The lowest BCUT2D eigenvalue weighted by atomic mass is 10.0. The maximum atomic E-state index is 12.9. The molecule has 1 amide bonds. The van der Waals surface area contributed by atoms with Crippen molar-refractivity contribution in [2.24, 2.45) is 18.0 Å². The molecular formula is C21H22ClN3O3S2. The van der Waals surface area contributed by atoms with Crippen molar-refractivity contribution in [1.82, 2.24) is 8.87 Å². The SMILES string of the molecule is CC1CCCN(S(=O)(=O)c2ccc(C(=O)N=c3sc4cccc(Cl)c4n3C)cc2)C1. The van der Waals surface area contributed by atoms with Crippen LogP contribution in [0, 0.1) is 5.92 Å². The molecule has 3 aromatic rings. The fraction of sp³-hybridized carbons (Fsp3) is 0.333. The Balaban J connectivity index is 1.62. The highest BCUT2D eigenvalue weighted by atomic mass is 35.5. The van der Waals surface area contributed by atoms with Crippen LogP contribution in [0.4, 0.5) is 0 Å². The van der Waals surface area contributed by atoms with Gasteiger partial charge >= 0.3 is 0 Å². The number of aryl methyl sites for hydroxylation is 1. The van der Waals surface area contributed by atoms with E-state index in [0.717, 1.165) is 23.1 Å². The van der Waals surface area contributed by atoms with Crippen LogP contribution >= 0.6 is 22.9 Å². The normalized spacial score (nSPS) is 18.8. The molecule has 30 heavy (non-hydrogen) atoms. The number of piperidine rings is 1. The van der Waals surface area contributed by atoms with Gasteiger partial charge in [0.25, 0.3) is 5.91 Å². The summed E-state index contributed by atoms with van der Waals surface area (Å²) in [5.41, 5.74) is 1.16. The van der Waals surface area contributed by atoms with Gasteiger partial charge in [-0.2, -0.15) is 9.30 Å². The van der Waals surface area contributed by atoms with Crippen LogP contribution in [0.1, 0.15) is 30.1 Å². The van der Waals surface area contributed by atoms with Crippen molar-refractivity contribution in [3.63, 3.8) is 0 Å². The summed E-state index contributed by atoms with van der Waals surface area (Å²) in [6.07, 6.45) is 1.91. The molecule has 1 aromatic heterocycles. The van der Waals surface area contributed by atoms with Crippen LogP contribution in [0.3, 0.4) is 0 Å². The summed E-state index contributed by atoms with van der Waals surface area (Å²) in [5.74, 6) is -0.0763. The number of aromatic nitrogens is 1. The first-order valence-corrected chi connectivity index (χ1v) is 12.3.